The third kappa shape index (κ3) is 6.93. The Labute approximate surface area is 88.3 Å². The predicted molar refractivity (Wildman–Crippen MR) is 61.0 cm³/mol. The molecule has 0 radical (unpaired) electrons. The average molecular weight is 199 g/mol. The fraction of sp³-hybridized carbons (Fsp3) is 0.917. The normalized spacial score (nSPS) is 12.7. The molecule has 0 rings (SSSR count). The maximum atomic E-state index is 11.0. The minimum atomic E-state index is -0.109. The zero-order valence-electron chi connectivity index (χ0n) is 9.72. The Hall–Kier alpha value is -0.530. The van der Waals surface area contributed by atoms with E-state index in [1.54, 1.807) is 0 Å². The topological polar surface area (TPSA) is 43.1 Å². The third-order valence-corrected chi connectivity index (χ3v) is 2.70. The maximum Gasteiger partial charge on any atom is 0.220 e. The van der Waals surface area contributed by atoms with Crippen LogP contribution in [-0.2, 0) is 4.79 Å². The molecule has 84 valence electrons. The molecule has 0 spiro atoms. The smallest absolute Gasteiger partial charge is 0.220 e. The van der Waals surface area contributed by atoms with E-state index in [2.05, 4.69) is 13.8 Å². The second-order valence-electron chi connectivity index (χ2n) is 4.09. The maximum absolute atomic E-state index is 11.0. The lowest BCUT2D eigenvalue weighted by atomic mass is 9.95. The number of carbonyl (C=O) groups excluding carboxylic acids is 1. The van der Waals surface area contributed by atoms with E-state index in [4.69, 9.17) is 5.73 Å². The second-order valence-corrected chi connectivity index (χ2v) is 4.09. The van der Waals surface area contributed by atoms with Gasteiger partial charge in [-0.1, -0.05) is 52.4 Å². The Morgan fingerprint density at radius 3 is 2.14 bits per heavy atom. The van der Waals surface area contributed by atoms with E-state index in [0.29, 0.717) is 0 Å². The quantitative estimate of drug-likeness (QED) is 0.569. The first-order chi connectivity index (χ1) is 6.72. The van der Waals surface area contributed by atoms with Crippen molar-refractivity contribution in [3.63, 3.8) is 0 Å². The molecule has 0 aromatic carbocycles. The fourth-order valence-electron chi connectivity index (χ4n) is 1.77. The molecule has 1 unspecified atom stereocenters. The first kappa shape index (κ1) is 13.5. The summed E-state index contributed by atoms with van der Waals surface area (Å²) in [5.41, 5.74) is 5.32. The van der Waals surface area contributed by atoms with Crippen molar-refractivity contribution in [2.45, 2.75) is 65.2 Å². The summed E-state index contributed by atoms with van der Waals surface area (Å²) in [5, 5.41) is 0. The van der Waals surface area contributed by atoms with Crippen molar-refractivity contribution in [3.8, 4) is 0 Å². The monoisotopic (exact) mass is 199 g/mol. The van der Waals surface area contributed by atoms with Crippen molar-refractivity contribution < 1.29 is 4.79 Å². The molecule has 0 saturated carbocycles. The Balaban J connectivity index is 3.46. The van der Waals surface area contributed by atoms with E-state index < -0.39 is 0 Å². The third-order valence-electron chi connectivity index (χ3n) is 2.70. The molecule has 14 heavy (non-hydrogen) atoms. The van der Waals surface area contributed by atoms with Crippen LogP contribution in [0.5, 0.6) is 0 Å². The zero-order chi connectivity index (χ0) is 10.8. The zero-order valence-corrected chi connectivity index (χ0v) is 9.72. The molecule has 2 N–H and O–H groups in total. The van der Waals surface area contributed by atoms with Crippen LogP contribution >= 0.6 is 0 Å². The summed E-state index contributed by atoms with van der Waals surface area (Å²) in [5.74, 6) is 0.0176. The predicted octanol–water partition coefficient (Wildman–Crippen LogP) is 3.25. The van der Waals surface area contributed by atoms with Crippen LogP contribution in [-0.4, -0.2) is 5.91 Å². The highest BCUT2D eigenvalue weighted by atomic mass is 16.1. The molecule has 0 aliphatic carbocycles. The number of carbonyl (C=O) groups is 1. The van der Waals surface area contributed by atoms with Crippen LogP contribution < -0.4 is 5.73 Å². The van der Waals surface area contributed by atoms with Gasteiger partial charge in [-0.2, -0.15) is 0 Å². The van der Waals surface area contributed by atoms with Gasteiger partial charge in [-0.3, -0.25) is 4.79 Å². The molecule has 2 heteroatoms. The molecule has 0 saturated heterocycles. The highest BCUT2D eigenvalue weighted by molar-refractivity contribution is 5.76. The van der Waals surface area contributed by atoms with Crippen LogP contribution in [0.3, 0.4) is 0 Å². The van der Waals surface area contributed by atoms with E-state index in [9.17, 15) is 4.79 Å². The number of hydrogen-bond acceptors (Lipinski definition) is 1. The summed E-state index contributed by atoms with van der Waals surface area (Å²) in [6.45, 7) is 4.32. The van der Waals surface area contributed by atoms with Crippen molar-refractivity contribution in [2.75, 3.05) is 0 Å². The molecule has 0 aliphatic rings. The summed E-state index contributed by atoms with van der Waals surface area (Å²) >= 11 is 0. The Bertz CT molecular complexity index is 145. The van der Waals surface area contributed by atoms with Crippen molar-refractivity contribution in [1.82, 2.24) is 0 Å². The molecule has 0 aliphatic heterocycles. The van der Waals surface area contributed by atoms with Crippen LogP contribution in [0, 0.1) is 5.92 Å². The van der Waals surface area contributed by atoms with E-state index >= 15 is 0 Å². The lowest BCUT2D eigenvalue weighted by Crippen LogP contribution is -2.23. The van der Waals surface area contributed by atoms with E-state index in [1.165, 1.54) is 25.7 Å². The van der Waals surface area contributed by atoms with Crippen LogP contribution in [0.25, 0.3) is 0 Å². The molecule has 0 bridgehead atoms. The van der Waals surface area contributed by atoms with Gasteiger partial charge in [-0.05, 0) is 12.8 Å². The number of rotatable bonds is 9. The van der Waals surface area contributed by atoms with Crippen LogP contribution in [0.4, 0.5) is 0 Å². The van der Waals surface area contributed by atoms with Gasteiger partial charge in [0, 0.05) is 5.92 Å². The van der Waals surface area contributed by atoms with Crippen LogP contribution in [0.1, 0.15) is 65.2 Å². The number of nitrogens with two attached hydrogens (primary N) is 1. The van der Waals surface area contributed by atoms with Gasteiger partial charge >= 0.3 is 0 Å². The molecular weight excluding hydrogens is 174 g/mol. The number of amides is 1. The summed E-state index contributed by atoms with van der Waals surface area (Å²) in [6.07, 6.45) is 9.31. The molecule has 2 nitrogen and oxygen atoms in total. The second kappa shape index (κ2) is 9.04. The van der Waals surface area contributed by atoms with Crippen LogP contribution in [0.2, 0.25) is 0 Å². The van der Waals surface area contributed by atoms with E-state index in [0.717, 1.165) is 25.7 Å². The number of primary amides is 1. The Kier molecular flexibility index (Phi) is 8.70. The molecule has 0 fully saturated rings. The first-order valence-corrected chi connectivity index (χ1v) is 6.01. The Morgan fingerprint density at radius 2 is 1.64 bits per heavy atom. The minimum absolute atomic E-state index is 0.109. The van der Waals surface area contributed by atoms with Crippen molar-refractivity contribution in [3.05, 3.63) is 0 Å². The van der Waals surface area contributed by atoms with Gasteiger partial charge in [-0.25, -0.2) is 0 Å². The van der Waals surface area contributed by atoms with Gasteiger partial charge < -0.3 is 5.73 Å². The summed E-state index contributed by atoms with van der Waals surface area (Å²) in [7, 11) is 0. The molecule has 0 aromatic rings. The van der Waals surface area contributed by atoms with Crippen molar-refractivity contribution in [2.24, 2.45) is 11.7 Å². The molecule has 0 heterocycles. The first-order valence-electron chi connectivity index (χ1n) is 6.01. The molecule has 1 atom stereocenters. The Morgan fingerprint density at radius 1 is 1.00 bits per heavy atom. The lowest BCUT2D eigenvalue weighted by molar-refractivity contribution is -0.122. The standard InChI is InChI=1S/C12H25NO/c1-3-5-6-7-8-10-11(9-4-2)12(13)14/h11H,3-10H2,1-2H3,(H2,13,14). The highest BCUT2D eigenvalue weighted by Gasteiger charge is 2.12. The van der Waals surface area contributed by atoms with Gasteiger partial charge in [0.05, 0.1) is 0 Å². The molecule has 0 aromatic heterocycles. The summed E-state index contributed by atoms with van der Waals surface area (Å²) < 4.78 is 0. The van der Waals surface area contributed by atoms with E-state index in [1.807, 2.05) is 0 Å². The van der Waals surface area contributed by atoms with Crippen molar-refractivity contribution in [1.29, 1.82) is 0 Å². The van der Waals surface area contributed by atoms with Gasteiger partial charge in [0.15, 0.2) is 0 Å². The average Bonchev–Trinajstić information content (AvgIpc) is 2.15. The molecule has 1 amide bonds. The van der Waals surface area contributed by atoms with Gasteiger partial charge in [0.1, 0.15) is 0 Å². The van der Waals surface area contributed by atoms with Crippen molar-refractivity contribution >= 4 is 5.91 Å². The molecular formula is C12H25NO. The summed E-state index contributed by atoms with van der Waals surface area (Å²) in [6, 6.07) is 0. The lowest BCUT2D eigenvalue weighted by Gasteiger charge is -2.11. The number of unbranched alkanes of at least 4 members (excludes halogenated alkanes) is 4. The fourth-order valence-corrected chi connectivity index (χ4v) is 1.77. The van der Waals surface area contributed by atoms with Gasteiger partial charge in [-0.15, -0.1) is 0 Å². The minimum Gasteiger partial charge on any atom is -0.369 e. The summed E-state index contributed by atoms with van der Waals surface area (Å²) in [4.78, 5) is 11.0. The SMILES string of the molecule is CCCCCCCC(CCC)C(N)=O. The number of hydrogen-bond donors (Lipinski definition) is 1. The van der Waals surface area contributed by atoms with Crippen LogP contribution in [0.15, 0.2) is 0 Å². The van der Waals surface area contributed by atoms with Gasteiger partial charge in [0.25, 0.3) is 0 Å². The largest absolute Gasteiger partial charge is 0.369 e. The van der Waals surface area contributed by atoms with Gasteiger partial charge in [0.2, 0.25) is 5.91 Å². The highest BCUT2D eigenvalue weighted by Crippen LogP contribution is 2.15. The van der Waals surface area contributed by atoms with E-state index in [-0.39, 0.29) is 11.8 Å².